The van der Waals surface area contributed by atoms with Crippen molar-refractivity contribution in [1.29, 1.82) is 5.26 Å². The van der Waals surface area contributed by atoms with Crippen LogP contribution in [0.5, 0.6) is 0 Å². The van der Waals surface area contributed by atoms with Crippen molar-refractivity contribution in [3.63, 3.8) is 0 Å². The van der Waals surface area contributed by atoms with E-state index in [1.165, 1.54) is 0 Å². The van der Waals surface area contributed by atoms with Gasteiger partial charge in [0, 0.05) is 33.2 Å². The fourth-order valence-electron chi connectivity index (χ4n) is 6.75. The molecular weight excluding hydrogens is 623 g/mol. The Balaban J connectivity index is 1.16. The fraction of sp³-hybridized carbons (Fsp3) is 0. The number of rotatable bonds is 6. The van der Waals surface area contributed by atoms with Crippen LogP contribution in [0.15, 0.2) is 176 Å². The zero-order valence-electron chi connectivity index (χ0n) is 27.5. The third kappa shape index (κ3) is 5.51. The first-order valence-corrected chi connectivity index (χ1v) is 16.8. The Hall–Kier alpha value is -7.16. The van der Waals surface area contributed by atoms with E-state index in [-0.39, 0.29) is 0 Å². The van der Waals surface area contributed by atoms with E-state index in [2.05, 4.69) is 84.9 Å². The highest BCUT2D eigenvalue weighted by Crippen LogP contribution is 2.37. The molecule has 0 N–H and O–H groups in total. The zero-order chi connectivity index (χ0) is 34.1. The molecule has 0 spiro atoms. The maximum absolute atomic E-state index is 10.5. The van der Waals surface area contributed by atoms with Gasteiger partial charge < -0.3 is 0 Å². The Morgan fingerprint density at radius 1 is 0.451 bits per heavy atom. The number of nitrogens with zero attached hydrogens (tertiary/aromatic N) is 5. The molecule has 51 heavy (non-hydrogen) atoms. The first-order valence-electron chi connectivity index (χ1n) is 16.8. The van der Waals surface area contributed by atoms with Crippen LogP contribution in [0.4, 0.5) is 0 Å². The molecule has 0 aliphatic rings. The second-order valence-electron chi connectivity index (χ2n) is 12.4. The molecule has 9 aromatic rings. The van der Waals surface area contributed by atoms with Gasteiger partial charge in [-0.3, -0.25) is 0 Å². The summed E-state index contributed by atoms with van der Waals surface area (Å²) in [5, 5.41) is 17.5. The third-order valence-corrected chi connectivity index (χ3v) is 9.28. The fourth-order valence-corrected chi connectivity index (χ4v) is 6.75. The van der Waals surface area contributed by atoms with E-state index in [4.69, 9.17) is 15.1 Å². The van der Waals surface area contributed by atoms with E-state index in [1.54, 1.807) is 0 Å². The number of aromatic nitrogens is 4. The molecule has 0 aliphatic carbocycles. The summed E-state index contributed by atoms with van der Waals surface area (Å²) < 4.78 is 1.93. The van der Waals surface area contributed by atoms with Crippen molar-refractivity contribution in [2.24, 2.45) is 0 Å². The maximum atomic E-state index is 10.5. The van der Waals surface area contributed by atoms with Gasteiger partial charge in [0.05, 0.1) is 22.6 Å². The van der Waals surface area contributed by atoms with Crippen LogP contribution < -0.4 is 0 Å². The van der Waals surface area contributed by atoms with Gasteiger partial charge in [0.15, 0.2) is 5.82 Å². The predicted octanol–water partition coefficient (Wildman–Crippen LogP) is 11.2. The monoisotopic (exact) mass is 651 g/mol. The molecule has 0 unspecified atom stereocenters. The molecule has 238 valence electrons. The lowest BCUT2D eigenvalue weighted by atomic mass is 9.97. The Bertz CT molecular complexity index is 2660. The van der Waals surface area contributed by atoms with Crippen LogP contribution in [0.25, 0.3) is 83.8 Å². The normalized spacial score (nSPS) is 11.1. The Labute approximate surface area is 295 Å². The molecule has 0 radical (unpaired) electrons. The molecule has 9 rings (SSSR count). The highest BCUT2D eigenvalue weighted by Gasteiger charge is 2.20. The van der Waals surface area contributed by atoms with Gasteiger partial charge in [-0.05, 0) is 34.7 Å². The quantitative estimate of drug-likeness (QED) is 0.179. The number of pyridine rings is 1. The molecule has 0 aliphatic heterocycles. The topological polar surface area (TPSA) is 66.9 Å². The highest BCUT2D eigenvalue weighted by molar-refractivity contribution is 6.04. The van der Waals surface area contributed by atoms with Gasteiger partial charge >= 0.3 is 0 Å². The minimum absolute atomic E-state index is 0.565. The lowest BCUT2D eigenvalue weighted by Crippen LogP contribution is -1.96. The van der Waals surface area contributed by atoms with Crippen LogP contribution in [0.1, 0.15) is 5.56 Å². The van der Waals surface area contributed by atoms with E-state index < -0.39 is 0 Å². The first-order chi connectivity index (χ1) is 25.2. The molecule has 0 fully saturated rings. The molecule has 0 amide bonds. The van der Waals surface area contributed by atoms with Crippen LogP contribution in [0.2, 0.25) is 0 Å². The van der Waals surface area contributed by atoms with Gasteiger partial charge in [-0.2, -0.15) is 10.4 Å². The summed E-state index contributed by atoms with van der Waals surface area (Å²) in [7, 11) is 0. The average Bonchev–Trinajstić information content (AvgIpc) is 3.62. The highest BCUT2D eigenvalue weighted by atomic mass is 15.2. The van der Waals surface area contributed by atoms with Crippen molar-refractivity contribution in [1.82, 2.24) is 19.6 Å². The Morgan fingerprint density at radius 3 is 1.57 bits per heavy atom. The Kier molecular flexibility index (Phi) is 7.46. The van der Waals surface area contributed by atoms with E-state index in [9.17, 15) is 5.26 Å². The van der Waals surface area contributed by atoms with Crippen molar-refractivity contribution < 1.29 is 0 Å². The van der Waals surface area contributed by atoms with Crippen LogP contribution in [0, 0.1) is 11.3 Å². The summed E-state index contributed by atoms with van der Waals surface area (Å²) in [5.41, 5.74) is 11.9. The summed E-state index contributed by atoms with van der Waals surface area (Å²) in [6.07, 6.45) is 0. The van der Waals surface area contributed by atoms with Gasteiger partial charge in [0.1, 0.15) is 17.3 Å². The van der Waals surface area contributed by atoms with E-state index in [1.807, 2.05) is 102 Å². The molecule has 0 bridgehead atoms. The van der Waals surface area contributed by atoms with E-state index in [0.29, 0.717) is 17.1 Å². The van der Waals surface area contributed by atoms with Crippen LogP contribution in [-0.4, -0.2) is 19.6 Å². The average molecular weight is 652 g/mol. The smallest absolute Gasteiger partial charge is 0.160 e. The number of fused-ring (bicyclic) bond motifs is 3. The molecule has 3 heterocycles. The van der Waals surface area contributed by atoms with Crippen LogP contribution in [-0.2, 0) is 0 Å². The zero-order valence-corrected chi connectivity index (χ0v) is 27.5. The minimum atomic E-state index is 0.565. The Morgan fingerprint density at radius 2 is 0.961 bits per heavy atom. The molecule has 0 saturated heterocycles. The third-order valence-electron chi connectivity index (χ3n) is 9.28. The van der Waals surface area contributed by atoms with Gasteiger partial charge in [-0.15, -0.1) is 0 Å². The largest absolute Gasteiger partial charge is 0.230 e. The van der Waals surface area contributed by atoms with Gasteiger partial charge in [-0.1, -0.05) is 158 Å². The van der Waals surface area contributed by atoms with Crippen molar-refractivity contribution in [3.8, 4) is 73.6 Å². The molecule has 3 aromatic heterocycles. The lowest BCUT2D eigenvalue weighted by Gasteiger charge is -2.12. The van der Waals surface area contributed by atoms with Crippen molar-refractivity contribution in [2.75, 3.05) is 0 Å². The SMILES string of the molecule is N#Cc1c(-c2ccccc2)nn2c(-c3ccccc3)cc3cc(-c4ccc(-c5cc(-c6ccccc6)nc(-c6ccccc6)n5)cc4)ccc3c12. The summed E-state index contributed by atoms with van der Waals surface area (Å²) in [5.74, 6) is 0.693. The van der Waals surface area contributed by atoms with E-state index >= 15 is 0 Å². The van der Waals surface area contributed by atoms with Gasteiger partial charge in [0.25, 0.3) is 0 Å². The summed E-state index contributed by atoms with van der Waals surface area (Å²) in [6, 6.07) is 62.2. The van der Waals surface area contributed by atoms with Crippen molar-refractivity contribution in [3.05, 3.63) is 181 Å². The van der Waals surface area contributed by atoms with Gasteiger partial charge in [0.2, 0.25) is 0 Å². The minimum Gasteiger partial charge on any atom is -0.230 e. The number of hydrogen-bond donors (Lipinski definition) is 0. The summed E-state index contributed by atoms with van der Waals surface area (Å²) in [4.78, 5) is 9.94. The number of benzene rings is 6. The molecule has 0 atom stereocenters. The number of hydrogen-bond acceptors (Lipinski definition) is 4. The first kappa shape index (κ1) is 29.9. The summed E-state index contributed by atoms with van der Waals surface area (Å²) >= 11 is 0. The van der Waals surface area contributed by atoms with E-state index in [0.717, 1.165) is 72.3 Å². The van der Waals surface area contributed by atoms with Crippen LogP contribution >= 0.6 is 0 Å². The second-order valence-corrected chi connectivity index (χ2v) is 12.4. The molecule has 6 aromatic carbocycles. The standard InChI is InChI=1S/C46H29N5/c47-30-40-44(35-17-9-3-10-18-35)50-51-43(34-15-7-2-8-16-34)28-38-27-37(25-26-39(38)45(40)51)31-21-23-33(24-22-31)42-29-41(32-13-5-1-6-14-32)48-46(49-42)36-19-11-4-12-20-36/h1-29H. The van der Waals surface area contributed by atoms with Crippen LogP contribution in [0.3, 0.4) is 0 Å². The number of nitriles is 1. The van der Waals surface area contributed by atoms with Gasteiger partial charge in [-0.25, -0.2) is 14.5 Å². The predicted molar refractivity (Wildman–Crippen MR) is 206 cm³/mol. The molecule has 5 nitrogen and oxygen atoms in total. The summed E-state index contributed by atoms with van der Waals surface area (Å²) in [6.45, 7) is 0. The molecule has 0 saturated carbocycles. The lowest BCUT2D eigenvalue weighted by molar-refractivity contribution is 0.979. The molecule has 5 heteroatoms. The maximum Gasteiger partial charge on any atom is 0.160 e. The second kappa shape index (κ2) is 12.7. The van der Waals surface area contributed by atoms with Crippen molar-refractivity contribution >= 4 is 16.3 Å². The molecular formula is C46H29N5. The van der Waals surface area contributed by atoms with Crippen molar-refractivity contribution in [2.45, 2.75) is 0 Å².